The normalized spacial score (nSPS) is 13.1. The van der Waals surface area contributed by atoms with Crippen LogP contribution in [0.1, 0.15) is 53.0 Å². The zero-order chi connectivity index (χ0) is 23.8. The third-order valence-electron chi connectivity index (χ3n) is 5.03. The van der Waals surface area contributed by atoms with Crippen LogP contribution in [0.5, 0.6) is 0 Å². The number of aromatic nitrogens is 1. The van der Waals surface area contributed by atoms with Crippen LogP contribution in [0, 0.1) is 11.3 Å². The molecule has 1 rings (SSSR count). The number of carbonyl (C=O) groups excluding carboxylic acids is 2. The van der Waals surface area contributed by atoms with Crippen LogP contribution >= 0.6 is 0 Å². The predicted molar refractivity (Wildman–Crippen MR) is 115 cm³/mol. The number of amides is 1. The van der Waals surface area contributed by atoms with Crippen LogP contribution in [-0.2, 0) is 9.59 Å². The lowest BCUT2D eigenvalue weighted by Gasteiger charge is -2.33. The summed E-state index contributed by atoms with van der Waals surface area (Å²) in [6.45, 7) is 9.24. The highest BCUT2D eigenvalue weighted by atomic mass is 19.3. The number of likely N-dealkylation sites (N-methyl/N-ethyl adjacent to an activating group) is 2. The van der Waals surface area contributed by atoms with Gasteiger partial charge in [-0.3, -0.25) is 9.59 Å². The van der Waals surface area contributed by atoms with Crippen molar-refractivity contribution in [1.29, 1.82) is 5.26 Å². The van der Waals surface area contributed by atoms with E-state index in [0.717, 1.165) is 6.92 Å². The maximum atomic E-state index is 14.5. The molecule has 0 aliphatic heterocycles. The van der Waals surface area contributed by atoms with Crippen molar-refractivity contribution in [3.8, 4) is 6.07 Å². The van der Waals surface area contributed by atoms with Gasteiger partial charge in [0.1, 0.15) is 11.9 Å². The number of halogens is 2. The number of pyridine rings is 1. The van der Waals surface area contributed by atoms with E-state index in [9.17, 15) is 18.4 Å². The zero-order valence-electron chi connectivity index (χ0n) is 18.8. The second kappa shape index (κ2) is 11.4. The average Bonchev–Trinajstić information content (AvgIpc) is 2.70. The molecule has 1 aromatic heterocycles. The highest BCUT2D eigenvalue weighted by Crippen LogP contribution is 2.31. The van der Waals surface area contributed by atoms with E-state index in [2.05, 4.69) is 4.98 Å². The van der Waals surface area contributed by atoms with E-state index in [-0.39, 0.29) is 11.7 Å². The summed E-state index contributed by atoms with van der Waals surface area (Å²) in [5.41, 5.74) is 4.94. The van der Waals surface area contributed by atoms with E-state index in [1.807, 2.05) is 24.8 Å². The van der Waals surface area contributed by atoms with E-state index < -0.39 is 36.0 Å². The van der Waals surface area contributed by atoms with Crippen molar-refractivity contribution in [2.24, 2.45) is 5.73 Å². The van der Waals surface area contributed by atoms with Gasteiger partial charge in [-0.2, -0.15) is 5.26 Å². The summed E-state index contributed by atoms with van der Waals surface area (Å²) < 4.78 is 29.0. The number of nitrogens with two attached hydrogens (primary N) is 1. The summed E-state index contributed by atoms with van der Waals surface area (Å²) in [6.07, 6.45) is 0.294. The lowest BCUT2D eigenvalue weighted by atomic mass is 9.98. The van der Waals surface area contributed by atoms with Crippen LogP contribution in [0.15, 0.2) is 29.6 Å². The zero-order valence-corrected chi connectivity index (χ0v) is 18.8. The van der Waals surface area contributed by atoms with Gasteiger partial charge in [0.25, 0.3) is 5.92 Å². The first-order chi connectivity index (χ1) is 14.5. The first-order valence-electron chi connectivity index (χ1n) is 10.2. The Labute approximate surface area is 182 Å². The maximum Gasteiger partial charge on any atom is 0.278 e. The molecule has 0 saturated carbocycles. The molecule has 0 saturated heterocycles. The van der Waals surface area contributed by atoms with Gasteiger partial charge in [-0.15, -0.1) is 0 Å². The Hall–Kier alpha value is -3.02. The van der Waals surface area contributed by atoms with Crippen LogP contribution in [0.3, 0.4) is 0 Å². The number of Topliss-reactive ketones (excluding diaryl/α,β-unsaturated/α-hetero) is 1. The SMILES string of the molecule is CCN(CC(C)N(CC)c1ccc(C#N)cn1)C(=O)CCC(F)(F)/C(C(C)=O)=C(\C)N. The second-order valence-corrected chi connectivity index (χ2v) is 7.40. The Morgan fingerprint density at radius 1 is 1.26 bits per heavy atom. The minimum absolute atomic E-state index is 0.131. The smallest absolute Gasteiger partial charge is 0.278 e. The molecule has 31 heavy (non-hydrogen) atoms. The fourth-order valence-electron chi connectivity index (χ4n) is 3.52. The van der Waals surface area contributed by atoms with Crippen LogP contribution in [0.4, 0.5) is 14.6 Å². The largest absolute Gasteiger partial charge is 0.402 e. The molecule has 1 atom stereocenters. The summed E-state index contributed by atoms with van der Waals surface area (Å²) in [5.74, 6) is -4.02. The lowest BCUT2D eigenvalue weighted by molar-refractivity contribution is -0.133. The van der Waals surface area contributed by atoms with Crippen molar-refractivity contribution in [3.05, 3.63) is 35.2 Å². The molecule has 0 radical (unpaired) electrons. The molecule has 0 aliphatic carbocycles. The van der Waals surface area contributed by atoms with Crippen molar-refractivity contribution < 1.29 is 18.4 Å². The fourth-order valence-corrected chi connectivity index (χ4v) is 3.52. The fraction of sp³-hybridized carbons (Fsp3) is 0.545. The minimum Gasteiger partial charge on any atom is -0.402 e. The van der Waals surface area contributed by atoms with Gasteiger partial charge in [0.2, 0.25) is 5.91 Å². The maximum absolute atomic E-state index is 14.5. The van der Waals surface area contributed by atoms with Gasteiger partial charge in [-0.1, -0.05) is 0 Å². The number of allylic oxidation sites excluding steroid dienone is 2. The third kappa shape index (κ3) is 7.02. The molecule has 0 fully saturated rings. The van der Waals surface area contributed by atoms with Crippen molar-refractivity contribution in [3.63, 3.8) is 0 Å². The first-order valence-corrected chi connectivity index (χ1v) is 10.2. The standard InChI is InChI=1S/C22H31F2N5O2/c1-6-28(20(31)10-11-22(23,24)21(16(4)26)17(5)30)14-15(3)29(7-2)19-9-8-18(12-25)13-27-19/h8-9,13,15H,6-7,10-11,14,26H2,1-5H3/b21-16+. The van der Waals surface area contributed by atoms with Crippen molar-refractivity contribution >= 4 is 17.5 Å². The molecule has 0 aromatic carbocycles. The van der Waals surface area contributed by atoms with E-state index in [0.29, 0.717) is 31.0 Å². The number of carbonyl (C=O) groups is 2. The summed E-state index contributed by atoms with van der Waals surface area (Å²) >= 11 is 0. The highest BCUT2D eigenvalue weighted by Gasteiger charge is 2.38. The molecule has 170 valence electrons. The van der Waals surface area contributed by atoms with Crippen molar-refractivity contribution in [1.82, 2.24) is 9.88 Å². The Morgan fingerprint density at radius 2 is 1.90 bits per heavy atom. The Balaban J connectivity index is 2.86. The number of nitrogens with zero attached hydrogens (tertiary/aromatic N) is 4. The second-order valence-electron chi connectivity index (χ2n) is 7.40. The van der Waals surface area contributed by atoms with E-state index in [4.69, 9.17) is 11.0 Å². The van der Waals surface area contributed by atoms with E-state index in [1.165, 1.54) is 18.0 Å². The molecule has 0 spiro atoms. The van der Waals surface area contributed by atoms with Crippen LogP contribution in [0.2, 0.25) is 0 Å². The first kappa shape index (κ1) is 26.0. The Kier molecular flexibility index (Phi) is 9.56. The molecule has 9 heteroatoms. The molecule has 7 nitrogen and oxygen atoms in total. The number of nitriles is 1. The summed E-state index contributed by atoms with van der Waals surface area (Å²) in [5, 5.41) is 8.92. The topological polar surface area (TPSA) is 103 Å². The number of ketones is 1. The predicted octanol–water partition coefficient (Wildman–Crippen LogP) is 3.25. The Bertz CT molecular complexity index is 842. The minimum atomic E-state index is -3.47. The van der Waals surface area contributed by atoms with Crippen LogP contribution in [0.25, 0.3) is 0 Å². The molecular formula is C22H31F2N5O2. The molecule has 2 N–H and O–H groups in total. The quantitative estimate of drug-likeness (QED) is 0.535. The van der Waals surface area contributed by atoms with E-state index in [1.54, 1.807) is 19.1 Å². The van der Waals surface area contributed by atoms with E-state index >= 15 is 0 Å². The monoisotopic (exact) mass is 435 g/mol. The molecule has 1 amide bonds. The van der Waals surface area contributed by atoms with Gasteiger partial charge in [-0.05, 0) is 46.8 Å². The highest BCUT2D eigenvalue weighted by molar-refractivity contribution is 5.95. The van der Waals surface area contributed by atoms with Crippen LogP contribution < -0.4 is 10.6 Å². The van der Waals surface area contributed by atoms with Gasteiger partial charge in [0.05, 0.1) is 11.1 Å². The summed E-state index contributed by atoms with van der Waals surface area (Å²) in [4.78, 5) is 32.0. The summed E-state index contributed by atoms with van der Waals surface area (Å²) in [6, 6.07) is 5.29. The number of rotatable bonds is 11. The number of alkyl halides is 2. The third-order valence-corrected chi connectivity index (χ3v) is 5.03. The van der Waals surface area contributed by atoms with Crippen molar-refractivity contribution in [2.75, 3.05) is 24.5 Å². The number of hydrogen-bond donors (Lipinski definition) is 1. The van der Waals surface area contributed by atoms with Crippen molar-refractivity contribution in [2.45, 2.75) is 59.4 Å². The number of anilines is 1. The molecular weight excluding hydrogens is 404 g/mol. The lowest BCUT2D eigenvalue weighted by Crippen LogP contribution is -2.45. The van der Waals surface area contributed by atoms with Gasteiger partial charge in [-0.25, -0.2) is 13.8 Å². The van der Waals surface area contributed by atoms with Gasteiger partial charge >= 0.3 is 0 Å². The molecule has 0 aliphatic rings. The Morgan fingerprint density at radius 3 is 2.32 bits per heavy atom. The summed E-state index contributed by atoms with van der Waals surface area (Å²) in [7, 11) is 0. The van der Waals surface area contributed by atoms with Gasteiger partial charge in [0, 0.05) is 50.4 Å². The molecule has 0 bridgehead atoms. The van der Waals surface area contributed by atoms with Gasteiger partial charge < -0.3 is 15.5 Å². The van der Waals surface area contributed by atoms with Gasteiger partial charge in [0.15, 0.2) is 5.78 Å². The molecule has 1 unspecified atom stereocenters. The molecule has 1 heterocycles. The van der Waals surface area contributed by atoms with Crippen LogP contribution in [-0.4, -0.2) is 53.2 Å². The number of hydrogen-bond acceptors (Lipinski definition) is 6. The average molecular weight is 436 g/mol. The molecule has 1 aromatic rings.